The van der Waals surface area contributed by atoms with Gasteiger partial charge in [-0.15, -0.1) is 12.4 Å². The summed E-state index contributed by atoms with van der Waals surface area (Å²) in [4.78, 5) is 4.24. The van der Waals surface area contributed by atoms with E-state index >= 15 is 0 Å². The van der Waals surface area contributed by atoms with Crippen molar-refractivity contribution < 1.29 is 0 Å². The van der Waals surface area contributed by atoms with Gasteiger partial charge in [0.15, 0.2) is 5.65 Å². The van der Waals surface area contributed by atoms with Crippen molar-refractivity contribution in [1.29, 1.82) is 0 Å². The van der Waals surface area contributed by atoms with Gasteiger partial charge in [-0.1, -0.05) is 13.8 Å². The second-order valence-electron chi connectivity index (χ2n) is 3.41. The van der Waals surface area contributed by atoms with Crippen LogP contribution in [-0.4, -0.2) is 14.6 Å². The summed E-state index contributed by atoms with van der Waals surface area (Å²) in [5, 5.41) is 4.09. The first kappa shape index (κ1) is 10.8. The summed E-state index contributed by atoms with van der Waals surface area (Å²) in [6.07, 6.45) is 5.42. The lowest BCUT2D eigenvalue weighted by Gasteiger charge is -2.03. The van der Waals surface area contributed by atoms with Gasteiger partial charge in [-0.3, -0.25) is 0 Å². The molecule has 5 heteroatoms. The fourth-order valence-electron chi connectivity index (χ4n) is 1.21. The number of nitrogens with zero attached hydrogens (tertiary/aromatic N) is 3. The van der Waals surface area contributed by atoms with Crippen molar-refractivity contribution >= 4 is 23.7 Å². The molecule has 0 saturated heterocycles. The fourth-order valence-corrected chi connectivity index (χ4v) is 1.21. The van der Waals surface area contributed by atoms with Gasteiger partial charge >= 0.3 is 0 Å². The maximum atomic E-state index is 5.66. The Kier molecular flexibility index (Phi) is 2.96. The molecule has 0 amide bonds. The van der Waals surface area contributed by atoms with Gasteiger partial charge in [0.1, 0.15) is 0 Å². The van der Waals surface area contributed by atoms with Crippen LogP contribution in [0.5, 0.6) is 0 Å². The van der Waals surface area contributed by atoms with E-state index in [-0.39, 0.29) is 12.4 Å². The summed E-state index contributed by atoms with van der Waals surface area (Å²) < 4.78 is 1.71. The number of rotatable bonds is 1. The van der Waals surface area contributed by atoms with E-state index in [1.165, 1.54) is 0 Å². The molecule has 0 bridgehead atoms. The molecular weight excluding hydrogens is 200 g/mol. The van der Waals surface area contributed by atoms with E-state index < -0.39 is 0 Å². The molecule has 14 heavy (non-hydrogen) atoms. The summed E-state index contributed by atoms with van der Waals surface area (Å²) in [5.74, 6) is 0.460. The molecule has 4 nitrogen and oxygen atoms in total. The molecule has 2 aromatic heterocycles. The molecule has 0 radical (unpaired) electrons. The SMILES string of the molecule is CC(C)c1cnc2c(N)cnn2c1.Cl. The van der Waals surface area contributed by atoms with E-state index in [2.05, 4.69) is 23.9 Å². The molecule has 2 heterocycles. The van der Waals surface area contributed by atoms with Crippen LogP contribution in [0.25, 0.3) is 5.65 Å². The largest absolute Gasteiger partial charge is 0.394 e. The zero-order chi connectivity index (χ0) is 9.42. The number of hydrogen-bond acceptors (Lipinski definition) is 3. The first-order valence-corrected chi connectivity index (χ1v) is 4.27. The molecule has 0 fully saturated rings. The van der Waals surface area contributed by atoms with Gasteiger partial charge in [0.2, 0.25) is 0 Å². The third kappa shape index (κ3) is 1.65. The molecule has 2 aromatic rings. The van der Waals surface area contributed by atoms with Crippen LogP contribution in [0.4, 0.5) is 5.69 Å². The minimum atomic E-state index is 0. The van der Waals surface area contributed by atoms with Crippen LogP contribution in [0.1, 0.15) is 25.3 Å². The molecule has 0 atom stereocenters. The van der Waals surface area contributed by atoms with E-state index in [1.807, 2.05) is 12.4 Å². The van der Waals surface area contributed by atoms with Crippen LogP contribution < -0.4 is 5.73 Å². The highest BCUT2D eigenvalue weighted by molar-refractivity contribution is 5.85. The monoisotopic (exact) mass is 212 g/mol. The summed E-state index contributed by atoms with van der Waals surface area (Å²) >= 11 is 0. The Balaban J connectivity index is 0.000000980. The van der Waals surface area contributed by atoms with Crippen molar-refractivity contribution in [2.24, 2.45) is 0 Å². The summed E-state index contributed by atoms with van der Waals surface area (Å²) in [6.45, 7) is 4.24. The molecule has 0 aliphatic carbocycles. The Morgan fingerprint density at radius 1 is 1.36 bits per heavy atom. The summed E-state index contributed by atoms with van der Waals surface area (Å²) in [6, 6.07) is 0. The predicted octanol–water partition coefficient (Wildman–Crippen LogP) is 1.86. The predicted molar refractivity (Wildman–Crippen MR) is 58.7 cm³/mol. The molecule has 2 rings (SSSR count). The summed E-state index contributed by atoms with van der Waals surface area (Å²) in [7, 11) is 0. The highest BCUT2D eigenvalue weighted by Gasteiger charge is 2.04. The fraction of sp³-hybridized carbons (Fsp3) is 0.333. The quantitative estimate of drug-likeness (QED) is 0.785. The number of anilines is 1. The van der Waals surface area contributed by atoms with Gasteiger partial charge in [0.05, 0.1) is 11.9 Å². The zero-order valence-corrected chi connectivity index (χ0v) is 8.95. The lowest BCUT2D eigenvalue weighted by Crippen LogP contribution is -1.96. The highest BCUT2D eigenvalue weighted by Crippen LogP contribution is 2.15. The van der Waals surface area contributed by atoms with Crippen molar-refractivity contribution in [2.75, 3.05) is 5.73 Å². The van der Waals surface area contributed by atoms with Crippen molar-refractivity contribution in [3.8, 4) is 0 Å². The molecule has 0 aromatic carbocycles. The van der Waals surface area contributed by atoms with Gasteiger partial charge in [-0.05, 0) is 11.5 Å². The highest BCUT2D eigenvalue weighted by atomic mass is 35.5. The van der Waals surface area contributed by atoms with Crippen LogP contribution in [0.15, 0.2) is 18.6 Å². The molecule has 76 valence electrons. The van der Waals surface area contributed by atoms with E-state index in [0.29, 0.717) is 11.6 Å². The second-order valence-corrected chi connectivity index (χ2v) is 3.41. The lowest BCUT2D eigenvalue weighted by atomic mass is 10.1. The smallest absolute Gasteiger partial charge is 0.178 e. The first-order chi connectivity index (χ1) is 6.18. The first-order valence-electron chi connectivity index (χ1n) is 4.27. The van der Waals surface area contributed by atoms with Gasteiger partial charge in [0.25, 0.3) is 0 Å². The average molecular weight is 213 g/mol. The van der Waals surface area contributed by atoms with Crippen molar-refractivity contribution in [2.45, 2.75) is 19.8 Å². The molecule has 0 aliphatic rings. The minimum Gasteiger partial charge on any atom is -0.394 e. The Bertz CT molecular complexity index is 435. The number of nitrogen functional groups attached to an aromatic ring is 1. The summed E-state index contributed by atoms with van der Waals surface area (Å²) in [5.41, 5.74) is 8.17. The average Bonchev–Trinajstić information content (AvgIpc) is 2.47. The zero-order valence-electron chi connectivity index (χ0n) is 8.14. The minimum absolute atomic E-state index is 0. The third-order valence-electron chi connectivity index (χ3n) is 2.07. The molecule has 2 N–H and O–H groups in total. The molecular formula is C9H13ClN4. The van der Waals surface area contributed by atoms with Gasteiger partial charge in [-0.25, -0.2) is 9.50 Å². The van der Waals surface area contributed by atoms with Crippen LogP contribution in [0.2, 0.25) is 0 Å². The molecule has 0 aliphatic heterocycles. The number of hydrogen-bond donors (Lipinski definition) is 1. The topological polar surface area (TPSA) is 56.2 Å². The lowest BCUT2D eigenvalue weighted by molar-refractivity contribution is 0.821. The second kappa shape index (κ2) is 3.84. The Labute approximate surface area is 88.5 Å². The van der Waals surface area contributed by atoms with Crippen molar-refractivity contribution in [1.82, 2.24) is 14.6 Å². The number of aromatic nitrogens is 3. The molecule has 0 spiro atoms. The van der Waals surface area contributed by atoms with Crippen LogP contribution >= 0.6 is 12.4 Å². The number of nitrogens with two attached hydrogens (primary N) is 1. The normalized spacial score (nSPS) is 10.5. The van der Waals surface area contributed by atoms with E-state index in [4.69, 9.17) is 5.73 Å². The number of fused-ring (bicyclic) bond motifs is 1. The van der Waals surface area contributed by atoms with Crippen molar-refractivity contribution in [3.63, 3.8) is 0 Å². The Hall–Kier alpha value is -1.29. The Morgan fingerprint density at radius 3 is 2.71 bits per heavy atom. The molecule has 0 unspecified atom stereocenters. The van der Waals surface area contributed by atoms with Gasteiger partial charge < -0.3 is 5.73 Å². The standard InChI is InChI=1S/C9H12N4.ClH/c1-6(2)7-3-11-9-8(10)4-12-13(9)5-7;/h3-6H,10H2,1-2H3;1H. The molecule has 0 saturated carbocycles. The van der Waals surface area contributed by atoms with E-state index in [9.17, 15) is 0 Å². The van der Waals surface area contributed by atoms with Crippen LogP contribution in [0.3, 0.4) is 0 Å². The maximum Gasteiger partial charge on any atom is 0.178 e. The van der Waals surface area contributed by atoms with Gasteiger partial charge in [0, 0.05) is 12.4 Å². The van der Waals surface area contributed by atoms with Gasteiger partial charge in [-0.2, -0.15) is 5.10 Å². The van der Waals surface area contributed by atoms with E-state index in [1.54, 1.807) is 10.7 Å². The Morgan fingerprint density at radius 2 is 2.07 bits per heavy atom. The number of halogens is 1. The maximum absolute atomic E-state index is 5.66. The third-order valence-corrected chi connectivity index (χ3v) is 2.07. The van der Waals surface area contributed by atoms with Crippen LogP contribution in [-0.2, 0) is 0 Å². The van der Waals surface area contributed by atoms with Crippen molar-refractivity contribution in [3.05, 3.63) is 24.2 Å². The van der Waals surface area contributed by atoms with E-state index in [0.717, 1.165) is 11.2 Å². The van der Waals surface area contributed by atoms with Crippen LogP contribution in [0, 0.1) is 0 Å².